The molecule has 0 aliphatic carbocycles. The first-order valence-corrected chi connectivity index (χ1v) is 6.48. The Balaban J connectivity index is 1.84. The SMILES string of the molecule is Cc1ccc(F)c(NC(=S)NC[C@H]2CCCO2)c1. The third-order valence-corrected chi connectivity index (χ3v) is 3.13. The highest BCUT2D eigenvalue weighted by atomic mass is 32.1. The van der Waals surface area contributed by atoms with Gasteiger partial charge in [-0.25, -0.2) is 4.39 Å². The van der Waals surface area contributed by atoms with Gasteiger partial charge in [0.05, 0.1) is 11.8 Å². The van der Waals surface area contributed by atoms with E-state index in [4.69, 9.17) is 17.0 Å². The Morgan fingerprint density at radius 2 is 2.39 bits per heavy atom. The molecule has 1 aliphatic rings. The van der Waals surface area contributed by atoms with Crippen molar-refractivity contribution in [2.75, 3.05) is 18.5 Å². The summed E-state index contributed by atoms with van der Waals surface area (Å²) in [5.41, 5.74) is 1.39. The van der Waals surface area contributed by atoms with Crippen LogP contribution in [0.2, 0.25) is 0 Å². The molecule has 98 valence electrons. The summed E-state index contributed by atoms with van der Waals surface area (Å²) >= 11 is 5.13. The monoisotopic (exact) mass is 268 g/mol. The molecular formula is C13H17FN2OS. The Hall–Kier alpha value is -1.20. The van der Waals surface area contributed by atoms with Crippen molar-refractivity contribution in [2.45, 2.75) is 25.9 Å². The Morgan fingerprint density at radius 1 is 1.56 bits per heavy atom. The lowest BCUT2D eigenvalue weighted by Crippen LogP contribution is -2.35. The van der Waals surface area contributed by atoms with Gasteiger partial charge < -0.3 is 15.4 Å². The number of benzene rings is 1. The summed E-state index contributed by atoms with van der Waals surface area (Å²) < 4.78 is 19.0. The van der Waals surface area contributed by atoms with E-state index in [0.717, 1.165) is 25.0 Å². The van der Waals surface area contributed by atoms with Gasteiger partial charge in [0.25, 0.3) is 0 Å². The molecule has 0 spiro atoms. The predicted molar refractivity (Wildman–Crippen MR) is 74.3 cm³/mol. The lowest BCUT2D eigenvalue weighted by atomic mass is 10.2. The Kier molecular flexibility index (Phi) is 4.49. The smallest absolute Gasteiger partial charge is 0.170 e. The molecule has 1 heterocycles. The van der Waals surface area contributed by atoms with Gasteiger partial charge in [-0.2, -0.15) is 0 Å². The van der Waals surface area contributed by atoms with Gasteiger partial charge in [-0.15, -0.1) is 0 Å². The van der Waals surface area contributed by atoms with Crippen LogP contribution in [0.25, 0.3) is 0 Å². The molecule has 0 radical (unpaired) electrons. The van der Waals surface area contributed by atoms with Crippen LogP contribution in [-0.4, -0.2) is 24.4 Å². The molecule has 0 amide bonds. The number of rotatable bonds is 3. The fourth-order valence-electron chi connectivity index (χ4n) is 1.91. The average Bonchev–Trinajstić information content (AvgIpc) is 2.84. The predicted octanol–water partition coefficient (Wildman–Crippen LogP) is 2.60. The second-order valence-corrected chi connectivity index (χ2v) is 4.86. The van der Waals surface area contributed by atoms with Crippen molar-refractivity contribution < 1.29 is 9.13 Å². The molecular weight excluding hydrogens is 251 g/mol. The number of thiocarbonyl (C=S) groups is 1. The third-order valence-electron chi connectivity index (χ3n) is 2.88. The van der Waals surface area contributed by atoms with Crippen molar-refractivity contribution in [3.63, 3.8) is 0 Å². The number of ether oxygens (including phenoxy) is 1. The second-order valence-electron chi connectivity index (χ2n) is 4.45. The Morgan fingerprint density at radius 3 is 3.11 bits per heavy atom. The number of hydrogen-bond acceptors (Lipinski definition) is 2. The van der Waals surface area contributed by atoms with Crippen LogP contribution in [-0.2, 0) is 4.74 Å². The Bertz CT molecular complexity index is 433. The molecule has 5 heteroatoms. The van der Waals surface area contributed by atoms with Crippen molar-refractivity contribution in [3.05, 3.63) is 29.6 Å². The highest BCUT2D eigenvalue weighted by Crippen LogP contribution is 2.15. The van der Waals surface area contributed by atoms with E-state index in [2.05, 4.69) is 10.6 Å². The normalized spacial score (nSPS) is 18.7. The summed E-state index contributed by atoms with van der Waals surface area (Å²) in [6, 6.07) is 4.89. The summed E-state index contributed by atoms with van der Waals surface area (Å²) in [7, 11) is 0. The highest BCUT2D eigenvalue weighted by molar-refractivity contribution is 7.80. The molecule has 1 aromatic carbocycles. The topological polar surface area (TPSA) is 33.3 Å². The van der Waals surface area contributed by atoms with E-state index in [1.165, 1.54) is 6.07 Å². The molecule has 0 bridgehead atoms. The Labute approximate surface area is 112 Å². The molecule has 1 atom stereocenters. The van der Waals surface area contributed by atoms with Crippen molar-refractivity contribution in [1.82, 2.24) is 5.32 Å². The van der Waals surface area contributed by atoms with Gasteiger partial charge in [-0.3, -0.25) is 0 Å². The molecule has 18 heavy (non-hydrogen) atoms. The van der Waals surface area contributed by atoms with Crippen LogP contribution in [0.4, 0.5) is 10.1 Å². The highest BCUT2D eigenvalue weighted by Gasteiger charge is 2.15. The molecule has 2 N–H and O–H groups in total. The first-order chi connectivity index (χ1) is 8.65. The van der Waals surface area contributed by atoms with Gasteiger partial charge in [0, 0.05) is 13.2 Å². The van der Waals surface area contributed by atoms with Crippen LogP contribution in [0.1, 0.15) is 18.4 Å². The number of anilines is 1. The van der Waals surface area contributed by atoms with E-state index in [9.17, 15) is 4.39 Å². The maximum absolute atomic E-state index is 13.5. The van der Waals surface area contributed by atoms with Gasteiger partial charge in [0.2, 0.25) is 0 Å². The van der Waals surface area contributed by atoms with Gasteiger partial charge in [0.1, 0.15) is 5.82 Å². The third kappa shape index (κ3) is 3.65. The van der Waals surface area contributed by atoms with Crippen LogP contribution in [0.5, 0.6) is 0 Å². The van der Waals surface area contributed by atoms with Gasteiger partial charge >= 0.3 is 0 Å². The van der Waals surface area contributed by atoms with Crippen LogP contribution >= 0.6 is 12.2 Å². The maximum atomic E-state index is 13.5. The van der Waals surface area contributed by atoms with Crippen molar-refractivity contribution in [3.8, 4) is 0 Å². The summed E-state index contributed by atoms with van der Waals surface area (Å²) in [5, 5.41) is 6.34. The average molecular weight is 268 g/mol. The van der Waals surface area contributed by atoms with Crippen molar-refractivity contribution >= 4 is 23.0 Å². The van der Waals surface area contributed by atoms with E-state index in [-0.39, 0.29) is 11.9 Å². The number of nitrogens with one attached hydrogen (secondary N) is 2. The first-order valence-electron chi connectivity index (χ1n) is 6.08. The van der Waals surface area contributed by atoms with Crippen LogP contribution in [0.15, 0.2) is 18.2 Å². The zero-order chi connectivity index (χ0) is 13.0. The quantitative estimate of drug-likeness (QED) is 0.826. The van der Waals surface area contributed by atoms with E-state index >= 15 is 0 Å². The fraction of sp³-hybridized carbons (Fsp3) is 0.462. The molecule has 1 saturated heterocycles. The molecule has 0 unspecified atom stereocenters. The van der Waals surface area contributed by atoms with E-state index in [0.29, 0.717) is 17.3 Å². The molecule has 0 aromatic heterocycles. The van der Waals surface area contributed by atoms with E-state index < -0.39 is 0 Å². The molecule has 0 saturated carbocycles. The molecule has 1 aliphatic heterocycles. The minimum atomic E-state index is -0.304. The minimum absolute atomic E-state index is 0.215. The number of halogens is 1. The maximum Gasteiger partial charge on any atom is 0.170 e. The van der Waals surface area contributed by atoms with Gasteiger partial charge in [-0.1, -0.05) is 6.07 Å². The summed E-state index contributed by atoms with van der Waals surface area (Å²) in [6.07, 6.45) is 2.36. The lowest BCUT2D eigenvalue weighted by Gasteiger charge is -2.14. The summed E-state index contributed by atoms with van der Waals surface area (Å²) in [4.78, 5) is 0. The molecule has 2 rings (SSSR count). The standard InChI is InChI=1S/C13H17FN2OS/c1-9-4-5-11(14)12(7-9)16-13(18)15-8-10-3-2-6-17-10/h4-5,7,10H,2-3,6,8H2,1H3,(H2,15,16,18)/t10-/m1/s1. The van der Waals surface area contributed by atoms with Gasteiger partial charge in [0.15, 0.2) is 5.11 Å². The lowest BCUT2D eigenvalue weighted by molar-refractivity contribution is 0.114. The number of hydrogen-bond donors (Lipinski definition) is 2. The zero-order valence-corrected chi connectivity index (χ0v) is 11.1. The minimum Gasteiger partial charge on any atom is -0.376 e. The van der Waals surface area contributed by atoms with Crippen molar-refractivity contribution in [1.29, 1.82) is 0 Å². The molecule has 3 nitrogen and oxygen atoms in total. The first kappa shape index (κ1) is 13.2. The van der Waals surface area contributed by atoms with Crippen LogP contribution < -0.4 is 10.6 Å². The molecule has 1 fully saturated rings. The largest absolute Gasteiger partial charge is 0.376 e. The van der Waals surface area contributed by atoms with Gasteiger partial charge in [-0.05, 0) is 49.7 Å². The second kappa shape index (κ2) is 6.11. The summed E-state index contributed by atoms with van der Waals surface area (Å²) in [5.74, 6) is -0.304. The van der Waals surface area contributed by atoms with E-state index in [1.54, 1.807) is 12.1 Å². The zero-order valence-electron chi connectivity index (χ0n) is 10.3. The van der Waals surface area contributed by atoms with Crippen LogP contribution in [0.3, 0.4) is 0 Å². The van der Waals surface area contributed by atoms with Crippen molar-refractivity contribution in [2.24, 2.45) is 0 Å². The molecule has 1 aromatic rings. The van der Waals surface area contributed by atoms with E-state index in [1.807, 2.05) is 6.92 Å². The number of aryl methyl sites for hydroxylation is 1. The summed E-state index contributed by atoms with van der Waals surface area (Å²) in [6.45, 7) is 3.39. The fourth-order valence-corrected chi connectivity index (χ4v) is 2.11. The van der Waals surface area contributed by atoms with Crippen LogP contribution in [0, 0.1) is 12.7 Å².